The van der Waals surface area contributed by atoms with Gasteiger partial charge in [-0.15, -0.1) is 0 Å². The van der Waals surface area contributed by atoms with E-state index in [1.807, 2.05) is 7.11 Å². The van der Waals surface area contributed by atoms with Gasteiger partial charge in [0.2, 0.25) is 0 Å². The molecule has 0 radical (unpaired) electrons. The lowest BCUT2D eigenvalue weighted by Gasteiger charge is -2.13. The highest BCUT2D eigenvalue weighted by molar-refractivity contribution is 4.77. The van der Waals surface area contributed by atoms with Crippen LogP contribution in [0, 0.1) is 11.8 Å². The van der Waals surface area contributed by atoms with Gasteiger partial charge in [0.25, 0.3) is 0 Å². The standard InChI is InChI=1S/C9H18O/c1-7(2)8-4-5-9(6-8)10-3/h7-9H,4-6H2,1-3H3/t8-,9+/m0/s1. The molecule has 0 saturated heterocycles. The van der Waals surface area contributed by atoms with Crippen LogP contribution < -0.4 is 0 Å². The Bertz CT molecular complexity index is 98.9. The summed E-state index contributed by atoms with van der Waals surface area (Å²) in [6.07, 6.45) is 4.50. The number of methoxy groups -OCH3 is 1. The van der Waals surface area contributed by atoms with Crippen LogP contribution in [0.5, 0.6) is 0 Å². The first kappa shape index (κ1) is 8.06. The topological polar surface area (TPSA) is 9.23 Å². The van der Waals surface area contributed by atoms with Gasteiger partial charge in [-0.2, -0.15) is 0 Å². The molecule has 0 N–H and O–H groups in total. The second-order valence-corrected chi connectivity index (χ2v) is 3.67. The van der Waals surface area contributed by atoms with Crippen molar-refractivity contribution in [1.82, 2.24) is 0 Å². The van der Waals surface area contributed by atoms with Crippen molar-refractivity contribution in [2.24, 2.45) is 11.8 Å². The predicted octanol–water partition coefficient (Wildman–Crippen LogP) is 2.46. The van der Waals surface area contributed by atoms with Gasteiger partial charge in [0, 0.05) is 7.11 Å². The Kier molecular flexibility index (Phi) is 2.72. The van der Waals surface area contributed by atoms with Gasteiger partial charge in [0.1, 0.15) is 0 Å². The van der Waals surface area contributed by atoms with E-state index in [2.05, 4.69) is 13.8 Å². The fraction of sp³-hybridized carbons (Fsp3) is 1.00. The monoisotopic (exact) mass is 142 g/mol. The van der Waals surface area contributed by atoms with Crippen LogP contribution in [0.1, 0.15) is 33.1 Å². The number of hydrogen-bond donors (Lipinski definition) is 0. The van der Waals surface area contributed by atoms with E-state index < -0.39 is 0 Å². The van der Waals surface area contributed by atoms with Crippen molar-refractivity contribution in [3.8, 4) is 0 Å². The van der Waals surface area contributed by atoms with Crippen molar-refractivity contribution in [2.45, 2.75) is 39.2 Å². The second kappa shape index (κ2) is 3.38. The van der Waals surface area contributed by atoms with E-state index in [4.69, 9.17) is 4.74 Å². The zero-order valence-corrected chi connectivity index (χ0v) is 7.26. The minimum atomic E-state index is 0.562. The molecular formula is C9H18O. The summed E-state index contributed by atoms with van der Waals surface area (Å²) in [6.45, 7) is 4.62. The summed E-state index contributed by atoms with van der Waals surface area (Å²) in [7, 11) is 1.83. The van der Waals surface area contributed by atoms with Crippen LogP contribution in [0.2, 0.25) is 0 Å². The molecule has 0 heterocycles. The van der Waals surface area contributed by atoms with Gasteiger partial charge in [-0.3, -0.25) is 0 Å². The SMILES string of the molecule is CO[C@@H]1CC[C@H](C(C)C)C1. The van der Waals surface area contributed by atoms with Crippen LogP contribution in [0.15, 0.2) is 0 Å². The number of rotatable bonds is 2. The van der Waals surface area contributed by atoms with Crippen molar-refractivity contribution in [3.05, 3.63) is 0 Å². The van der Waals surface area contributed by atoms with Crippen molar-refractivity contribution >= 4 is 0 Å². The summed E-state index contributed by atoms with van der Waals surface area (Å²) in [5.74, 6) is 1.77. The summed E-state index contributed by atoms with van der Waals surface area (Å²) in [6, 6.07) is 0. The summed E-state index contributed by atoms with van der Waals surface area (Å²) >= 11 is 0. The molecule has 1 fully saturated rings. The molecule has 10 heavy (non-hydrogen) atoms. The molecule has 60 valence electrons. The summed E-state index contributed by atoms with van der Waals surface area (Å²) < 4.78 is 5.29. The molecule has 0 bridgehead atoms. The van der Waals surface area contributed by atoms with E-state index >= 15 is 0 Å². The first-order chi connectivity index (χ1) is 4.74. The first-order valence-corrected chi connectivity index (χ1v) is 4.26. The normalized spacial score (nSPS) is 33.6. The van der Waals surface area contributed by atoms with Gasteiger partial charge >= 0.3 is 0 Å². The van der Waals surface area contributed by atoms with Crippen LogP contribution in [0.25, 0.3) is 0 Å². The van der Waals surface area contributed by atoms with Gasteiger partial charge in [0.15, 0.2) is 0 Å². The molecule has 2 atom stereocenters. The van der Waals surface area contributed by atoms with E-state index in [9.17, 15) is 0 Å². The Balaban J connectivity index is 2.28. The molecule has 0 spiro atoms. The van der Waals surface area contributed by atoms with Crippen LogP contribution in [0.3, 0.4) is 0 Å². The molecule has 0 unspecified atom stereocenters. The average molecular weight is 142 g/mol. The highest BCUT2D eigenvalue weighted by Gasteiger charge is 2.26. The Morgan fingerprint density at radius 1 is 1.30 bits per heavy atom. The molecule has 0 aliphatic heterocycles. The zero-order valence-electron chi connectivity index (χ0n) is 7.26. The fourth-order valence-corrected chi connectivity index (χ4v) is 1.79. The molecule has 0 aromatic carbocycles. The van der Waals surface area contributed by atoms with Crippen LogP contribution >= 0.6 is 0 Å². The first-order valence-electron chi connectivity index (χ1n) is 4.26. The summed E-state index contributed by atoms with van der Waals surface area (Å²) in [4.78, 5) is 0. The molecule has 1 aliphatic carbocycles. The van der Waals surface area contributed by atoms with Crippen LogP contribution in [-0.2, 0) is 4.74 Å². The fourth-order valence-electron chi connectivity index (χ4n) is 1.79. The lowest BCUT2D eigenvalue weighted by Crippen LogP contribution is -2.08. The quantitative estimate of drug-likeness (QED) is 0.575. The number of ether oxygens (including phenoxy) is 1. The van der Waals surface area contributed by atoms with Crippen molar-refractivity contribution in [3.63, 3.8) is 0 Å². The molecule has 0 amide bonds. The highest BCUT2D eigenvalue weighted by atomic mass is 16.5. The largest absolute Gasteiger partial charge is 0.381 e. The zero-order chi connectivity index (χ0) is 7.56. The van der Waals surface area contributed by atoms with Gasteiger partial charge in [0.05, 0.1) is 6.10 Å². The Labute approximate surface area is 63.8 Å². The van der Waals surface area contributed by atoms with E-state index in [0.717, 1.165) is 11.8 Å². The number of hydrogen-bond acceptors (Lipinski definition) is 1. The average Bonchev–Trinajstić information content (AvgIpc) is 2.34. The maximum absolute atomic E-state index is 5.29. The minimum Gasteiger partial charge on any atom is -0.381 e. The predicted molar refractivity (Wildman–Crippen MR) is 43.0 cm³/mol. The molecular weight excluding hydrogens is 124 g/mol. The van der Waals surface area contributed by atoms with Gasteiger partial charge < -0.3 is 4.74 Å². The Morgan fingerprint density at radius 2 is 2.00 bits per heavy atom. The molecule has 0 aromatic rings. The minimum absolute atomic E-state index is 0.562. The smallest absolute Gasteiger partial charge is 0.0574 e. The second-order valence-electron chi connectivity index (χ2n) is 3.67. The Morgan fingerprint density at radius 3 is 2.30 bits per heavy atom. The molecule has 1 saturated carbocycles. The van der Waals surface area contributed by atoms with E-state index in [1.165, 1.54) is 19.3 Å². The van der Waals surface area contributed by atoms with Crippen molar-refractivity contribution < 1.29 is 4.74 Å². The Hall–Kier alpha value is -0.0400. The third kappa shape index (κ3) is 1.72. The lowest BCUT2D eigenvalue weighted by molar-refractivity contribution is 0.103. The maximum atomic E-state index is 5.29. The van der Waals surface area contributed by atoms with Crippen molar-refractivity contribution in [1.29, 1.82) is 0 Å². The molecule has 1 rings (SSSR count). The van der Waals surface area contributed by atoms with Gasteiger partial charge in [-0.05, 0) is 31.1 Å². The van der Waals surface area contributed by atoms with E-state index in [1.54, 1.807) is 0 Å². The van der Waals surface area contributed by atoms with Gasteiger partial charge in [-0.25, -0.2) is 0 Å². The summed E-state index contributed by atoms with van der Waals surface area (Å²) in [5.41, 5.74) is 0. The van der Waals surface area contributed by atoms with Crippen LogP contribution in [-0.4, -0.2) is 13.2 Å². The molecule has 1 nitrogen and oxygen atoms in total. The summed E-state index contributed by atoms with van der Waals surface area (Å²) in [5, 5.41) is 0. The van der Waals surface area contributed by atoms with Crippen LogP contribution in [0.4, 0.5) is 0 Å². The third-order valence-corrected chi connectivity index (χ3v) is 2.70. The highest BCUT2D eigenvalue weighted by Crippen LogP contribution is 2.32. The molecule has 1 heteroatoms. The maximum Gasteiger partial charge on any atom is 0.0574 e. The van der Waals surface area contributed by atoms with E-state index in [-0.39, 0.29) is 0 Å². The third-order valence-electron chi connectivity index (χ3n) is 2.70. The van der Waals surface area contributed by atoms with Crippen molar-refractivity contribution in [2.75, 3.05) is 7.11 Å². The van der Waals surface area contributed by atoms with E-state index in [0.29, 0.717) is 6.10 Å². The lowest BCUT2D eigenvalue weighted by atomic mass is 9.95. The molecule has 1 aliphatic rings. The van der Waals surface area contributed by atoms with Gasteiger partial charge in [-0.1, -0.05) is 13.8 Å². The molecule has 0 aromatic heterocycles.